The Morgan fingerprint density at radius 1 is 1.43 bits per heavy atom. The van der Waals surface area contributed by atoms with Crippen LogP contribution in [0.25, 0.3) is 10.9 Å². The molecule has 0 saturated carbocycles. The average molecular weight is 321 g/mol. The summed E-state index contributed by atoms with van der Waals surface area (Å²) in [5.74, 6) is -0.297. The zero-order valence-corrected chi connectivity index (χ0v) is 14.3. The van der Waals surface area contributed by atoms with Crippen molar-refractivity contribution in [1.29, 1.82) is 0 Å². The third-order valence-corrected chi connectivity index (χ3v) is 3.34. The number of aromatic nitrogens is 2. The van der Waals surface area contributed by atoms with E-state index in [4.69, 9.17) is 4.74 Å². The van der Waals surface area contributed by atoms with E-state index in [1.54, 1.807) is 10.7 Å². The van der Waals surface area contributed by atoms with E-state index in [0.29, 0.717) is 6.54 Å². The number of alkyl carbamates (subject to hydrolysis) is 1. The van der Waals surface area contributed by atoms with E-state index in [-0.39, 0.29) is 11.9 Å². The van der Waals surface area contributed by atoms with Gasteiger partial charge in [-0.15, -0.1) is 0 Å². The molecule has 1 heterocycles. The molecule has 1 amide bonds. The lowest BCUT2D eigenvalue weighted by molar-refractivity contribution is 0.0503. The number of benzene rings is 1. The second-order valence-electron chi connectivity index (χ2n) is 6.69. The first-order valence-corrected chi connectivity index (χ1v) is 7.84. The maximum Gasteiger partial charge on any atom is 0.407 e. The normalized spacial score (nSPS) is 13.1. The van der Waals surface area contributed by atoms with Crippen LogP contribution in [0.3, 0.4) is 0 Å². The summed E-state index contributed by atoms with van der Waals surface area (Å²) in [6.45, 7) is 9.76. The third-order valence-electron chi connectivity index (χ3n) is 3.34. The minimum atomic E-state index is -0.541. The highest BCUT2D eigenvalue weighted by atomic mass is 19.1. The van der Waals surface area contributed by atoms with Gasteiger partial charge in [-0.3, -0.25) is 4.68 Å². The molecule has 6 heteroatoms. The molecule has 0 unspecified atom stereocenters. The van der Waals surface area contributed by atoms with Gasteiger partial charge >= 0.3 is 6.09 Å². The Morgan fingerprint density at radius 2 is 2.13 bits per heavy atom. The quantitative estimate of drug-likeness (QED) is 0.935. The van der Waals surface area contributed by atoms with Gasteiger partial charge in [0.1, 0.15) is 11.4 Å². The smallest absolute Gasteiger partial charge is 0.407 e. The van der Waals surface area contributed by atoms with E-state index < -0.39 is 11.7 Å². The maximum atomic E-state index is 13.5. The Labute approximate surface area is 135 Å². The van der Waals surface area contributed by atoms with E-state index in [1.807, 2.05) is 34.6 Å². The largest absolute Gasteiger partial charge is 0.444 e. The van der Waals surface area contributed by atoms with Gasteiger partial charge in [-0.2, -0.15) is 5.10 Å². The summed E-state index contributed by atoms with van der Waals surface area (Å²) >= 11 is 0. The van der Waals surface area contributed by atoms with Crippen LogP contribution in [0.2, 0.25) is 0 Å². The molecule has 0 radical (unpaired) electrons. The molecule has 5 nitrogen and oxygen atoms in total. The fourth-order valence-electron chi connectivity index (χ4n) is 2.43. The summed E-state index contributed by atoms with van der Waals surface area (Å²) in [5.41, 5.74) is 1.12. The molecule has 1 N–H and O–H groups in total. The van der Waals surface area contributed by atoms with Crippen molar-refractivity contribution in [1.82, 2.24) is 15.1 Å². The summed E-state index contributed by atoms with van der Waals surface area (Å²) < 4.78 is 20.5. The van der Waals surface area contributed by atoms with E-state index in [2.05, 4.69) is 10.4 Å². The standard InChI is InChI=1S/C17H24FN3O2/c1-6-14-13-8-7-12(18)9-15(13)21(20-14)10-11(2)19-16(22)23-17(3,4)5/h7-9,11H,6,10H2,1-5H3,(H,19,22)/t11-/m0/s1. The van der Waals surface area contributed by atoms with Gasteiger partial charge in [0.2, 0.25) is 0 Å². The van der Waals surface area contributed by atoms with Crippen LogP contribution in [0.4, 0.5) is 9.18 Å². The van der Waals surface area contributed by atoms with Gasteiger partial charge in [-0.05, 0) is 52.3 Å². The molecule has 0 aliphatic rings. The van der Waals surface area contributed by atoms with Crippen LogP contribution < -0.4 is 5.32 Å². The molecule has 0 aliphatic heterocycles. The zero-order valence-electron chi connectivity index (χ0n) is 14.3. The number of hydrogen-bond acceptors (Lipinski definition) is 3. The van der Waals surface area contributed by atoms with Crippen molar-refractivity contribution in [2.45, 2.75) is 59.2 Å². The van der Waals surface area contributed by atoms with E-state index in [9.17, 15) is 9.18 Å². The molecule has 0 aliphatic carbocycles. The van der Waals surface area contributed by atoms with E-state index in [1.165, 1.54) is 12.1 Å². The van der Waals surface area contributed by atoms with Crippen molar-refractivity contribution in [3.8, 4) is 0 Å². The molecule has 1 aromatic carbocycles. The minimum Gasteiger partial charge on any atom is -0.444 e. The molecule has 2 aromatic rings. The summed E-state index contributed by atoms with van der Waals surface area (Å²) in [7, 11) is 0. The highest BCUT2D eigenvalue weighted by molar-refractivity contribution is 5.82. The lowest BCUT2D eigenvalue weighted by Crippen LogP contribution is -2.39. The molecule has 1 aromatic heterocycles. The van der Waals surface area contributed by atoms with Gasteiger partial charge in [0.05, 0.1) is 17.8 Å². The molecule has 2 rings (SSSR count). The van der Waals surface area contributed by atoms with Crippen LogP contribution in [0, 0.1) is 5.82 Å². The number of aryl methyl sites for hydroxylation is 1. The van der Waals surface area contributed by atoms with Crippen LogP contribution >= 0.6 is 0 Å². The predicted molar refractivity (Wildman–Crippen MR) is 87.9 cm³/mol. The first kappa shape index (κ1) is 17.2. The van der Waals surface area contributed by atoms with Gasteiger partial charge in [0.25, 0.3) is 0 Å². The molecule has 126 valence electrons. The Bertz CT molecular complexity index is 704. The van der Waals surface area contributed by atoms with Crippen LogP contribution in [0.5, 0.6) is 0 Å². The van der Waals surface area contributed by atoms with Gasteiger partial charge in [-0.1, -0.05) is 6.92 Å². The SMILES string of the molecule is CCc1nn(C[C@H](C)NC(=O)OC(C)(C)C)c2cc(F)ccc12. The Kier molecular flexibility index (Phi) is 4.92. The Balaban J connectivity index is 2.15. The number of nitrogens with zero attached hydrogens (tertiary/aromatic N) is 2. The van der Waals surface area contributed by atoms with Crippen molar-refractivity contribution in [3.05, 3.63) is 29.7 Å². The fourth-order valence-corrected chi connectivity index (χ4v) is 2.43. The number of rotatable bonds is 4. The summed E-state index contributed by atoms with van der Waals surface area (Å²) in [6, 6.07) is 4.47. The molecule has 0 bridgehead atoms. The van der Waals surface area contributed by atoms with Crippen LogP contribution in [0.1, 0.15) is 40.3 Å². The van der Waals surface area contributed by atoms with Gasteiger partial charge in [0.15, 0.2) is 0 Å². The Hall–Kier alpha value is -2.11. The van der Waals surface area contributed by atoms with Crippen molar-refractivity contribution in [3.63, 3.8) is 0 Å². The number of ether oxygens (including phenoxy) is 1. The number of amides is 1. The van der Waals surface area contributed by atoms with Gasteiger partial charge in [0, 0.05) is 11.4 Å². The molecular formula is C17H24FN3O2. The van der Waals surface area contributed by atoms with E-state index >= 15 is 0 Å². The van der Waals surface area contributed by atoms with Gasteiger partial charge in [-0.25, -0.2) is 9.18 Å². The number of carbonyl (C=O) groups is 1. The summed E-state index contributed by atoms with van der Waals surface area (Å²) in [4.78, 5) is 11.8. The molecule has 1 atom stereocenters. The van der Waals surface area contributed by atoms with Crippen LogP contribution in [-0.4, -0.2) is 27.5 Å². The fraction of sp³-hybridized carbons (Fsp3) is 0.529. The molecular weight excluding hydrogens is 297 g/mol. The van der Waals surface area contributed by atoms with Crippen LogP contribution in [0.15, 0.2) is 18.2 Å². The molecule has 23 heavy (non-hydrogen) atoms. The maximum absolute atomic E-state index is 13.5. The second kappa shape index (κ2) is 6.56. The predicted octanol–water partition coefficient (Wildman–Crippen LogP) is 3.65. The number of halogens is 1. The van der Waals surface area contributed by atoms with Crippen LogP contribution in [-0.2, 0) is 17.7 Å². The molecule has 0 spiro atoms. The van der Waals surface area contributed by atoms with Crippen molar-refractivity contribution in [2.75, 3.05) is 0 Å². The number of carbonyl (C=O) groups excluding carboxylic acids is 1. The first-order valence-electron chi connectivity index (χ1n) is 7.84. The Morgan fingerprint density at radius 3 is 2.74 bits per heavy atom. The first-order chi connectivity index (χ1) is 10.7. The minimum absolute atomic E-state index is 0.194. The average Bonchev–Trinajstić information content (AvgIpc) is 2.73. The number of hydrogen-bond donors (Lipinski definition) is 1. The lowest BCUT2D eigenvalue weighted by Gasteiger charge is -2.22. The topological polar surface area (TPSA) is 56.2 Å². The second-order valence-corrected chi connectivity index (χ2v) is 6.69. The highest BCUT2D eigenvalue weighted by Gasteiger charge is 2.19. The number of nitrogens with one attached hydrogen (secondary N) is 1. The summed E-state index contributed by atoms with van der Waals surface area (Å²) in [6.07, 6.45) is 0.298. The van der Waals surface area contributed by atoms with Gasteiger partial charge < -0.3 is 10.1 Å². The van der Waals surface area contributed by atoms with E-state index in [0.717, 1.165) is 23.0 Å². The lowest BCUT2D eigenvalue weighted by atomic mass is 10.2. The summed E-state index contributed by atoms with van der Waals surface area (Å²) in [5, 5.41) is 8.25. The number of fused-ring (bicyclic) bond motifs is 1. The third kappa shape index (κ3) is 4.43. The van der Waals surface area contributed by atoms with Crippen molar-refractivity contribution < 1.29 is 13.9 Å². The zero-order chi connectivity index (χ0) is 17.2. The molecule has 0 fully saturated rings. The van der Waals surface area contributed by atoms with Crippen molar-refractivity contribution in [2.24, 2.45) is 0 Å². The van der Waals surface area contributed by atoms with Crippen molar-refractivity contribution >= 4 is 17.0 Å². The highest BCUT2D eigenvalue weighted by Crippen LogP contribution is 2.20. The monoisotopic (exact) mass is 321 g/mol. The molecule has 0 saturated heterocycles.